The quantitative estimate of drug-likeness (QED) is 0.272. The number of carboxylic acid groups (broad SMARTS) is 2. The SMILES string of the molecule is NCC(=O)N[C@@H](CC(=O)O)C(=O)[C@H]1CCN([C@@H](Cc2cnc[nH]2)C(=O)O)C1=O. The largest absolute Gasteiger partial charge is 0.481 e. The number of nitrogens with two attached hydrogens (primary N) is 1. The van der Waals surface area contributed by atoms with Gasteiger partial charge in [0, 0.05) is 24.9 Å². The Balaban J connectivity index is 2.15. The Labute approximate surface area is 159 Å². The number of nitrogens with one attached hydrogen (secondary N) is 2. The lowest BCUT2D eigenvalue weighted by Crippen LogP contribution is -2.49. The van der Waals surface area contributed by atoms with E-state index in [0.29, 0.717) is 5.69 Å². The summed E-state index contributed by atoms with van der Waals surface area (Å²) in [7, 11) is 0. The lowest BCUT2D eigenvalue weighted by molar-refractivity contribution is -0.150. The average Bonchev–Trinajstić information content (AvgIpc) is 3.27. The van der Waals surface area contributed by atoms with Gasteiger partial charge in [0.1, 0.15) is 12.0 Å². The molecule has 1 saturated heterocycles. The monoisotopic (exact) mass is 395 g/mol. The Morgan fingerprint density at radius 1 is 1.36 bits per heavy atom. The van der Waals surface area contributed by atoms with Gasteiger partial charge < -0.3 is 31.1 Å². The van der Waals surface area contributed by atoms with Gasteiger partial charge in [0.25, 0.3) is 0 Å². The zero-order valence-corrected chi connectivity index (χ0v) is 14.8. The van der Waals surface area contributed by atoms with Crippen LogP contribution in [0.5, 0.6) is 0 Å². The third-order valence-corrected chi connectivity index (χ3v) is 4.46. The molecule has 6 N–H and O–H groups in total. The van der Waals surface area contributed by atoms with Crippen LogP contribution >= 0.6 is 0 Å². The molecule has 1 aromatic rings. The highest BCUT2D eigenvalue weighted by Crippen LogP contribution is 2.24. The van der Waals surface area contributed by atoms with Gasteiger partial charge in [0.15, 0.2) is 5.78 Å². The third-order valence-electron chi connectivity index (χ3n) is 4.46. The second-order valence-electron chi connectivity index (χ2n) is 6.33. The van der Waals surface area contributed by atoms with Crippen LogP contribution in [0.25, 0.3) is 0 Å². The van der Waals surface area contributed by atoms with Crippen molar-refractivity contribution < 1.29 is 34.2 Å². The fraction of sp³-hybridized carbons (Fsp3) is 0.500. The first kappa shape index (κ1) is 21.0. The standard InChI is InChI=1S/C16H21N5O7/c17-5-12(22)20-10(4-13(23)24)14(25)9-1-2-21(15(9)26)11(16(27)28)3-8-6-18-7-19-8/h6-7,9-11H,1-5,17H2,(H,18,19)(H,20,22)(H,23,24)(H,27,28)/t9-,10+,11+/m1/s1. The summed E-state index contributed by atoms with van der Waals surface area (Å²) in [5, 5.41) is 20.7. The molecule has 0 unspecified atom stereocenters. The number of H-pyrrole nitrogens is 1. The number of aromatic nitrogens is 2. The number of nitrogens with zero attached hydrogens (tertiary/aromatic N) is 2. The normalized spacial score (nSPS) is 18.5. The van der Waals surface area contributed by atoms with E-state index in [1.807, 2.05) is 0 Å². The summed E-state index contributed by atoms with van der Waals surface area (Å²) in [4.78, 5) is 67.1. The molecule has 152 valence electrons. The molecule has 12 heteroatoms. The van der Waals surface area contributed by atoms with Gasteiger partial charge in [-0.25, -0.2) is 9.78 Å². The van der Waals surface area contributed by atoms with E-state index in [0.717, 1.165) is 4.90 Å². The summed E-state index contributed by atoms with van der Waals surface area (Å²) in [5.74, 6) is -6.03. The number of likely N-dealkylation sites (tertiary alicyclic amines) is 1. The van der Waals surface area contributed by atoms with Crippen molar-refractivity contribution in [1.29, 1.82) is 0 Å². The van der Waals surface area contributed by atoms with Crippen molar-refractivity contribution in [2.45, 2.75) is 31.3 Å². The molecule has 0 aliphatic carbocycles. The molecule has 1 aliphatic heterocycles. The molecule has 0 radical (unpaired) electrons. The number of carboxylic acids is 2. The number of hydrogen-bond donors (Lipinski definition) is 5. The molecule has 0 saturated carbocycles. The molecule has 28 heavy (non-hydrogen) atoms. The number of imidazole rings is 1. The Morgan fingerprint density at radius 3 is 2.61 bits per heavy atom. The molecule has 12 nitrogen and oxygen atoms in total. The Bertz CT molecular complexity index is 763. The highest BCUT2D eigenvalue weighted by Gasteiger charge is 2.44. The number of aromatic amines is 1. The summed E-state index contributed by atoms with van der Waals surface area (Å²) in [5.41, 5.74) is 5.68. The molecule has 3 atom stereocenters. The van der Waals surface area contributed by atoms with E-state index in [9.17, 15) is 29.1 Å². The second kappa shape index (κ2) is 9.08. The molecule has 1 fully saturated rings. The number of carbonyl (C=O) groups is 5. The summed E-state index contributed by atoms with van der Waals surface area (Å²) < 4.78 is 0. The fourth-order valence-corrected chi connectivity index (χ4v) is 3.10. The van der Waals surface area contributed by atoms with Gasteiger partial charge in [-0.3, -0.25) is 19.2 Å². The number of amides is 2. The fourth-order valence-electron chi connectivity index (χ4n) is 3.10. The van der Waals surface area contributed by atoms with Crippen molar-refractivity contribution in [3.05, 3.63) is 18.2 Å². The Hall–Kier alpha value is -3.28. The van der Waals surface area contributed by atoms with E-state index >= 15 is 0 Å². The number of carbonyl (C=O) groups excluding carboxylic acids is 3. The van der Waals surface area contributed by atoms with Crippen LogP contribution in [-0.4, -0.2) is 79.8 Å². The number of rotatable bonds is 10. The van der Waals surface area contributed by atoms with Gasteiger partial charge in [-0.15, -0.1) is 0 Å². The van der Waals surface area contributed by atoms with Crippen molar-refractivity contribution in [2.24, 2.45) is 11.7 Å². The second-order valence-corrected chi connectivity index (χ2v) is 6.33. The minimum atomic E-state index is -1.42. The maximum absolute atomic E-state index is 12.7. The number of Topliss-reactive ketones (excluding diaryl/α,β-unsaturated/α-hetero) is 1. The van der Waals surface area contributed by atoms with Crippen LogP contribution in [0.1, 0.15) is 18.5 Å². The summed E-state index contributed by atoms with van der Waals surface area (Å²) in [6.07, 6.45) is 2.11. The maximum Gasteiger partial charge on any atom is 0.326 e. The van der Waals surface area contributed by atoms with E-state index in [1.165, 1.54) is 12.5 Å². The third kappa shape index (κ3) is 4.91. The van der Waals surface area contributed by atoms with E-state index in [-0.39, 0.29) is 19.4 Å². The van der Waals surface area contributed by atoms with Gasteiger partial charge in [0.05, 0.1) is 25.3 Å². The lowest BCUT2D eigenvalue weighted by atomic mass is 9.94. The maximum atomic E-state index is 12.7. The van der Waals surface area contributed by atoms with E-state index in [1.54, 1.807) is 0 Å². The predicted octanol–water partition coefficient (Wildman–Crippen LogP) is -2.26. The van der Waals surface area contributed by atoms with Crippen LogP contribution in [-0.2, 0) is 30.4 Å². The smallest absolute Gasteiger partial charge is 0.326 e. The van der Waals surface area contributed by atoms with Gasteiger partial charge in [-0.1, -0.05) is 0 Å². The minimum Gasteiger partial charge on any atom is -0.481 e. The van der Waals surface area contributed by atoms with Crippen LogP contribution < -0.4 is 11.1 Å². The molecule has 2 amide bonds. The van der Waals surface area contributed by atoms with E-state index in [4.69, 9.17) is 10.8 Å². The zero-order chi connectivity index (χ0) is 20.8. The lowest BCUT2D eigenvalue weighted by Gasteiger charge is -2.25. The highest BCUT2D eigenvalue weighted by atomic mass is 16.4. The molecular formula is C16H21N5O7. The van der Waals surface area contributed by atoms with Gasteiger partial charge >= 0.3 is 11.9 Å². The molecule has 2 heterocycles. The molecule has 0 aromatic carbocycles. The predicted molar refractivity (Wildman–Crippen MR) is 91.8 cm³/mol. The molecular weight excluding hydrogens is 374 g/mol. The Morgan fingerprint density at radius 2 is 2.07 bits per heavy atom. The molecule has 0 spiro atoms. The van der Waals surface area contributed by atoms with Crippen molar-refractivity contribution in [3.8, 4) is 0 Å². The van der Waals surface area contributed by atoms with Crippen molar-refractivity contribution in [1.82, 2.24) is 20.2 Å². The van der Waals surface area contributed by atoms with Crippen LogP contribution in [0, 0.1) is 5.92 Å². The van der Waals surface area contributed by atoms with Crippen LogP contribution in [0.15, 0.2) is 12.5 Å². The number of aliphatic carboxylic acids is 2. The minimum absolute atomic E-state index is 0.0188. The molecule has 2 rings (SSSR count). The average molecular weight is 395 g/mol. The summed E-state index contributed by atoms with van der Waals surface area (Å²) in [6, 6.07) is -2.62. The van der Waals surface area contributed by atoms with Crippen molar-refractivity contribution in [2.75, 3.05) is 13.1 Å². The van der Waals surface area contributed by atoms with Crippen LogP contribution in [0.4, 0.5) is 0 Å². The summed E-state index contributed by atoms with van der Waals surface area (Å²) >= 11 is 0. The first-order valence-electron chi connectivity index (χ1n) is 8.50. The van der Waals surface area contributed by atoms with Crippen LogP contribution in [0.2, 0.25) is 0 Å². The topological polar surface area (TPSA) is 196 Å². The summed E-state index contributed by atoms with van der Waals surface area (Å²) in [6.45, 7) is -0.426. The molecule has 1 aromatic heterocycles. The zero-order valence-electron chi connectivity index (χ0n) is 14.8. The van der Waals surface area contributed by atoms with Gasteiger partial charge in [-0.2, -0.15) is 0 Å². The van der Waals surface area contributed by atoms with Gasteiger partial charge in [-0.05, 0) is 6.42 Å². The first-order chi connectivity index (χ1) is 13.2. The number of ketones is 1. The Kier molecular flexibility index (Phi) is 6.82. The van der Waals surface area contributed by atoms with E-state index in [2.05, 4.69) is 15.3 Å². The van der Waals surface area contributed by atoms with Crippen molar-refractivity contribution >= 4 is 29.5 Å². The molecule has 0 bridgehead atoms. The highest BCUT2D eigenvalue weighted by molar-refractivity contribution is 6.07. The first-order valence-corrected chi connectivity index (χ1v) is 8.50. The van der Waals surface area contributed by atoms with Crippen LogP contribution in [0.3, 0.4) is 0 Å². The van der Waals surface area contributed by atoms with E-state index < -0.39 is 60.5 Å². The van der Waals surface area contributed by atoms with Crippen molar-refractivity contribution in [3.63, 3.8) is 0 Å². The molecule has 1 aliphatic rings. The van der Waals surface area contributed by atoms with Gasteiger partial charge in [0.2, 0.25) is 11.8 Å². The number of hydrogen-bond acceptors (Lipinski definition) is 7.